The minimum Gasteiger partial charge on any atom is -0.316 e. The standard InChI is InChI=1S/C15H15N3O3S2/c1-10-2-4-11(5-3-10)18-12-8-23(20,21)9-13(12)22-15(18)17-14(19)6-7-16/h2-5,12-13H,6,8-9H2,1H3/t12-,13-/m1/s1. The lowest BCUT2D eigenvalue weighted by molar-refractivity contribution is -0.116. The quantitative estimate of drug-likeness (QED) is 0.804. The molecule has 0 aliphatic carbocycles. The van der Waals surface area contributed by atoms with Gasteiger partial charge < -0.3 is 4.90 Å². The fourth-order valence-electron chi connectivity index (χ4n) is 2.79. The van der Waals surface area contributed by atoms with Gasteiger partial charge in [0.15, 0.2) is 15.0 Å². The summed E-state index contributed by atoms with van der Waals surface area (Å²) in [6.07, 6.45) is -0.278. The summed E-state index contributed by atoms with van der Waals surface area (Å²) in [5.74, 6) is -0.352. The van der Waals surface area contributed by atoms with Gasteiger partial charge in [-0.2, -0.15) is 10.3 Å². The van der Waals surface area contributed by atoms with Crippen LogP contribution < -0.4 is 4.90 Å². The van der Waals surface area contributed by atoms with Gasteiger partial charge in [0.05, 0.1) is 23.6 Å². The highest BCUT2D eigenvalue weighted by molar-refractivity contribution is 8.16. The van der Waals surface area contributed by atoms with Crippen LogP contribution in [0, 0.1) is 18.3 Å². The Morgan fingerprint density at radius 1 is 1.39 bits per heavy atom. The number of amides is 1. The molecule has 2 atom stereocenters. The summed E-state index contributed by atoms with van der Waals surface area (Å²) in [5, 5.41) is 8.97. The maximum Gasteiger partial charge on any atom is 0.262 e. The predicted octanol–water partition coefficient (Wildman–Crippen LogP) is 1.51. The number of sulfone groups is 1. The number of anilines is 1. The number of fused-ring (bicyclic) bond motifs is 1. The average Bonchev–Trinajstić information content (AvgIpc) is 2.91. The number of rotatable bonds is 2. The van der Waals surface area contributed by atoms with Crippen molar-refractivity contribution in [3.05, 3.63) is 29.8 Å². The topological polar surface area (TPSA) is 90.6 Å². The van der Waals surface area contributed by atoms with Gasteiger partial charge in [0, 0.05) is 10.9 Å². The van der Waals surface area contributed by atoms with E-state index in [0.29, 0.717) is 5.17 Å². The number of hydrogen-bond acceptors (Lipinski definition) is 5. The first-order valence-corrected chi connectivity index (χ1v) is 9.81. The van der Waals surface area contributed by atoms with E-state index in [1.165, 1.54) is 11.8 Å². The molecule has 2 aliphatic heterocycles. The molecule has 0 radical (unpaired) electrons. The summed E-state index contributed by atoms with van der Waals surface area (Å²) in [7, 11) is -3.07. The summed E-state index contributed by atoms with van der Waals surface area (Å²) in [5.41, 5.74) is 1.91. The van der Waals surface area contributed by atoms with Crippen molar-refractivity contribution in [2.75, 3.05) is 16.4 Å². The van der Waals surface area contributed by atoms with Gasteiger partial charge in [0.1, 0.15) is 6.42 Å². The van der Waals surface area contributed by atoms with E-state index in [4.69, 9.17) is 5.26 Å². The van der Waals surface area contributed by atoms with Crippen LogP contribution in [-0.2, 0) is 14.6 Å². The number of nitriles is 1. The number of carbonyl (C=O) groups excluding carboxylic acids is 1. The number of nitrogens with zero attached hydrogens (tertiary/aromatic N) is 3. The molecule has 6 nitrogen and oxygen atoms in total. The second-order valence-corrected chi connectivity index (χ2v) is 8.99. The van der Waals surface area contributed by atoms with Crippen molar-refractivity contribution >= 4 is 38.4 Å². The van der Waals surface area contributed by atoms with Crippen LogP contribution in [0.3, 0.4) is 0 Å². The van der Waals surface area contributed by atoms with E-state index in [1.807, 2.05) is 36.1 Å². The zero-order chi connectivity index (χ0) is 16.6. The Morgan fingerprint density at radius 3 is 2.74 bits per heavy atom. The van der Waals surface area contributed by atoms with Crippen LogP contribution in [0.5, 0.6) is 0 Å². The number of hydrogen-bond donors (Lipinski definition) is 0. The van der Waals surface area contributed by atoms with Gasteiger partial charge in [-0.15, -0.1) is 0 Å². The average molecular weight is 349 g/mol. The van der Waals surface area contributed by atoms with E-state index in [1.54, 1.807) is 6.07 Å². The summed E-state index contributed by atoms with van der Waals surface area (Å²) in [6.45, 7) is 1.97. The Morgan fingerprint density at radius 2 is 2.09 bits per heavy atom. The fraction of sp³-hybridized carbons (Fsp3) is 0.400. The Kier molecular flexibility index (Phi) is 4.17. The maximum atomic E-state index is 11.9. The molecule has 2 heterocycles. The van der Waals surface area contributed by atoms with Crippen LogP contribution >= 0.6 is 11.8 Å². The van der Waals surface area contributed by atoms with Crippen molar-refractivity contribution < 1.29 is 13.2 Å². The number of aliphatic imine (C=N–C) groups is 1. The summed E-state index contributed by atoms with van der Waals surface area (Å²) < 4.78 is 23.8. The first-order valence-electron chi connectivity index (χ1n) is 7.11. The summed E-state index contributed by atoms with van der Waals surface area (Å²) in [6, 6.07) is 9.23. The first-order chi connectivity index (χ1) is 10.9. The van der Waals surface area contributed by atoms with Crippen LogP contribution in [0.15, 0.2) is 29.3 Å². The molecule has 8 heteroatoms. The van der Waals surface area contributed by atoms with Gasteiger partial charge in [0.2, 0.25) is 0 Å². The smallest absolute Gasteiger partial charge is 0.262 e. The second kappa shape index (κ2) is 5.98. The molecule has 1 aromatic carbocycles. The molecule has 0 aromatic heterocycles. The number of amidine groups is 1. The molecule has 120 valence electrons. The third-order valence-electron chi connectivity index (χ3n) is 3.83. The van der Waals surface area contributed by atoms with Crippen LogP contribution in [0.4, 0.5) is 5.69 Å². The minimum absolute atomic E-state index is 0.0595. The van der Waals surface area contributed by atoms with E-state index >= 15 is 0 Å². The predicted molar refractivity (Wildman–Crippen MR) is 90.2 cm³/mol. The van der Waals surface area contributed by atoms with Gasteiger partial charge in [-0.1, -0.05) is 29.5 Å². The largest absolute Gasteiger partial charge is 0.316 e. The van der Waals surface area contributed by atoms with Crippen molar-refractivity contribution in [2.45, 2.75) is 24.6 Å². The summed E-state index contributed by atoms with van der Waals surface area (Å²) in [4.78, 5) is 17.6. The van der Waals surface area contributed by atoms with E-state index < -0.39 is 15.7 Å². The van der Waals surface area contributed by atoms with E-state index in [2.05, 4.69) is 4.99 Å². The minimum atomic E-state index is -3.07. The normalized spacial score (nSPS) is 27.0. The van der Waals surface area contributed by atoms with Gasteiger partial charge in [-0.05, 0) is 19.1 Å². The molecule has 3 rings (SSSR count). The van der Waals surface area contributed by atoms with Crippen LogP contribution in [-0.4, -0.2) is 42.3 Å². The van der Waals surface area contributed by atoms with Gasteiger partial charge in [-0.3, -0.25) is 4.79 Å². The third-order valence-corrected chi connectivity index (χ3v) is 7.04. The molecule has 0 spiro atoms. The Bertz CT molecular complexity index is 809. The maximum absolute atomic E-state index is 11.9. The third kappa shape index (κ3) is 3.26. The molecule has 2 aliphatic rings. The highest BCUT2D eigenvalue weighted by Crippen LogP contribution is 2.40. The SMILES string of the molecule is Cc1ccc(N2C(=NC(=O)CC#N)S[C@@H]3CS(=O)(=O)C[C@H]32)cc1. The molecule has 1 amide bonds. The highest BCUT2D eigenvalue weighted by atomic mass is 32.2. The van der Waals surface area contributed by atoms with Gasteiger partial charge in [0.25, 0.3) is 5.91 Å². The molecule has 23 heavy (non-hydrogen) atoms. The lowest BCUT2D eigenvalue weighted by Crippen LogP contribution is -2.37. The Hall–Kier alpha value is -1.85. The Labute approximate surface area is 139 Å². The van der Waals surface area contributed by atoms with Crippen molar-refractivity contribution in [3.8, 4) is 6.07 Å². The van der Waals surface area contributed by atoms with Gasteiger partial charge >= 0.3 is 0 Å². The molecule has 2 fully saturated rings. The van der Waals surface area contributed by atoms with Crippen molar-refractivity contribution in [3.63, 3.8) is 0 Å². The zero-order valence-electron chi connectivity index (χ0n) is 12.5. The molecule has 0 N–H and O–H groups in total. The second-order valence-electron chi connectivity index (χ2n) is 5.63. The Balaban J connectivity index is 1.99. The van der Waals surface area contributed by atoms with Crippen molar-refractivity contribution in [1.82, 2.24) is 0 Å². The summed E-state index contributed by atoms with van der Waals surface area (Å²) >= 11 is 1.31. The lowest BCUT2D eigenvalue weighted by Gasteiger charge is -2.24. The molecular weight excluding hydrogens is 334 g/mol. The van der Waals surface area contributed by atoms with Crippen LogP contribution in [0.1, 0.15) is 12.0 Å². The van der Waals surface area contributed by atoms with E-state index in [-0.39, 0.29) is 29.2 Å². The highest BCUT2D eigenvalue weighted by Gasteiger charge is 2.49. The van der Waals surface area contributed by atoms with Gasteiger partial charge in [-0.25, -0.2) is 8.42 Å². The number of thioether (sulfide) groups is 1. The molecule has 2 saturated heterocycles. The number of benzene rings is 1. The van der Waals surface area contributed by atoms with Crippen LogP contribution in [0.25, 0.3) is 0 Å². The zero-order valence-corrected chi connectivity index (χ0v) is 14.1. The van der Waals surface area contributed by atoms with Crippen molar-refractivity contribution in [1.29, 1.82) is 5.26 Å². The molecular formula is C15H15N3O3S2. The van der Waals surface area contributed by atoms with Crippen LogP contribution in [0.2, 0.25) is 0 Å². The molecule has 0 saturated carbocycles. The first kappa shape index (κ1) is 16.0. The van der Waals surface area contributed by atoms with Crippen molar-refractivity contribution in [2.24, 2.45) is 4.99 Å². The number of carbonyl (C=O) groups is 1. The fourth-order valence-corrected chi connectivity index (χ4v) is 6.72. The monoisotopic (exact) mass is 349 g/mol. The molecule has 0 bridgehead atoms. The number of aryl methyl sites for hydroxylation is 1. The molecule has 1 aromatic rings. The lowest BCUT2D eigenvalue weighted by atomic mass is 10.1. The van der Waals surface area contributed by atoms with E-state index in [0.717, 1.165) is 11.3 Å². The molecule has 0 unspecified atom stereocenters. The van der Waals surface area contributed by atoms with E-state index in [9.17, 15) is 13.2 Å².